The van der Waals surface area contributed by atoms with Crippen LogP contribution in [0.2, 0.25) is 0 Å². The highest BCUT2D eigenvalue weighted by molar-refractivity contribution is 7.94. The third-order valence-electron chi connectivity index (χ3n) is 4.07. The molecule has 0 spiro atoms. The van der Waals surface area contributed by atoms with Crippen LogP contribution in [0.3, 0.4) is 0 Å². The highest BCUT2D eigenvalue weighted by atomic mass is 32.2. The van der Waals surface area contributed by atoms with Crippen molar-refractivity contribution in [3.63, 3.8) is 0 Å². The van der Waals surface area contributed by atoms with Crippen LogP contribution >= 0.6 is 12.0 Å². The average molecular weight is 406 g/mol. The molecular formula is C21H27NO5S. The number of likely N-dealkylation sites (N-methyl/N-ethyl adjacent to an activating group) is 1. The minimum atomic E-state index is -0.704. The van der Waals surface area contributed by atoms with Crippen LogP contribution in [-0.4, -0.2) is 48.8 Å². The van der Waals surface area contributed by atoms with Gasteiger partial charge in [-0.25, -0.2) is 5.06 Å². The number of nitrogens with zero attached hydrogens (tertiary/aromatic N) is 1. The normalized spacial score (nSPS) is 11.7. The first kappa shape index (κ1) is 22.1. The van der Waals surface area contributed by atoms with E-state index in [0.29, 0.717) is 24.7 Å². The maximum Gasteiger partial charge on any atom is 0.275 e. The number of hydrogen-bond donors (Lipinski definition) is 1. The molecule has 0 radical (unpaired) electrons. The molecule has 0 heterocycles. The van der Waals surface area contributed by atoms with Gasteiger partial charge in [0.1, 0.15) is 17.6 Å². The molecule has 2 rings (SSSR count). The number of carbonyl (C=O) groups excluding carboxylic acids is 1. The lowest BCUT2D eigenvalue weighted by Crippen LogP contribution is -2.37. The minimum absolute atomic E-state index is 0.391. The SMILES string of the molecule is CCOC(Cc1ccc(OCCc2ccc(OSC)cc2)cc1)C(=O)N(C)O. The van der Waals surface area contributed by atoms with E-state index in [2.05, 4.69) is 0 Å². The third-order valence-corrected chi connectivity index (χ3v) is 4.43. The summed E-state index contributed by atoms with van der Waals surface area (Å²) >= 11 is 1.32. The Balaban J connectivity index is 1.83. The van der Waals surface area contributed by atoms with Crippen molar-refractivity contribution in [2.24, 2.45) is 0 Å². The molecule has 6 nitrogen and oxygen atoms in total. The number of hydrogen-bond acceptors (Lipinski definition) is 6. The molecule has 1 N–H and O–H groups in total. The summed E-state index contributed by atoms with van der Waals surface area (Å²) in [6.07, 6.45) is 2.37. The number of hydroxylamine groups is 2. The van der Waals surface area contributed by atoms with Crippen molar-refractivity contribution in [3.8, 4) is 11.5 Å². The van der Waals surface area contributed by atoms with Gasteiger partial charge in [-0.15, -0.1) is 0 Å². The van der Waals surface area contributed by atoms with Crippen LogP contribution < -0.4 is 8.92 Å². The number of rotatable bonds is 11. The third kappa shape index (κ3) is 7.07. The largest absolute Gasteiger partial charge is 0.493 e. The molecule has 1 amide bonds. The summed E-state index contributed by atoms with van der Waals surface area (Å²) in [4.78, 5) is 12.0. The van der Waals surface area contributed by atoms with Gasteiger partial charge in [0.05, 0.1) is 18.6 Å². The highest BCUT2D eigenvalue weighted by Crippen LogP contribution is 2.18. The summed E-state index contributed by atoms with van der Waals surface area (Å²) in [6.45, 7) is 2.78. The number of amides is 1. The molecule has 0 aliphatic rings. The lowest BCUT2D eigenvalue weighted by atomic mass is 10.1. The molecule has 1 unspecified atom stereocenters. The zero-order valence-corrected chi connectivity index (χ0v) is 17.3. The van der Waals surface area contributed by atoms with Crippen molar-refractivity contribution in [1.82, 2.24) is 5.06 Å². The first-order valence-corrected chi connectivity index (χ1v) is 10.3. The summed E-state index contributed by atoms with van der Waals surface area (Å²) < 4.78 is 16.6. The Bertz CT molecular complexity index is 719. The van der Waals surface area contributed by atoms with Crippen LogP contribution in [0.5, 0.6) is 11.5 Å². The molecule has 28 heavy (non-hydrogen) atoms. The van der Waals surface area contributed by atoms with Crippen LogP contribution in [0.4, 0.5) is 0 Å². The van der Waals surface area contributed by atoms with Crippen molar-refractivity contribution in [1.29, 1.82) is 0 Å². The van der Waals surface area contributed by atoms with Crippen molar-refractivity contribution >= 4 is 17.9 Å². The Morgan fingerprint density at radius 3 is 2.25 bits per heavy atom. The molecule has 2 aromatic carbocycles. The van der Waals surface area contributed by atoms with Gasteiger partial charge in [0.2, 0.25) is 0 Å². The van der Waals surface area contributed by atoms with E-state index in [1.54, 1.807) is 0 Å². The Hall–Kier alpha value is -2.22. The highest BCUT2D eigenvalue weighted by Gasteiger charge is 2.22. The van der Waals surface area contributed by atoms with E-state index in [4.69, 9.17) is 13.7 Å². The van der Waals surface area contributed by atoms with Crippen LogP contribution in [0, 0.1) is 0 Å². The summed E-state index contributed by atoms with van der Waals surface area (Å²) in [5, 5.41) is 9.92. The van der Waals surface area contributed by atoms with Gasteiger partial charge >= 0.3 is 0 Å². The zero-order chi connectivity index (χ0) is 20.4. The summed E-state index contributed by atoms with van der Waals surface area (Å²) in [5.74, 6) is 1.14. The molecule has 0 bridgehead atoms. The molecule has 0 aliphatic carbocycles. The topological polar surface area (TPSA) is 68.2 Å². The minimum Gasteiger partial charge on any atom is -0.493 e. The van der Waals surface area contributed by atoms with Gasteiger partial charge in [0, 0.05) is 32.8 Å². The predicted molar refractivity (Wildman–Crippen MR) is 110 cm³/mol. The number of benzene rings is 2. The maximum atomic E-state index is 12.0. The molecule has 2 aromatic rings. The molecular weight excluding hydrogens is 378 g/mol. The Morgan fingerprint density at radius 1 is 1.07 bits per heavy atom. The van der Waals surface area contributed by atoms with Crippen molar-refractivity contribution in [2.45, 2.75) is 25.9 Å². The second-order valence-corrected chi connectivity index (χ2v) is 6.65. The van der Waals surface area contributed by atoms with Gasteiger partial charge in [0.15, 0.2) is 0 Å². The standard InChI is InChI=1S/C21H27NO5S/c1-4-25-20(21(23)22(2)24)15-17-7-9-18(10-8-17)26-14-13-16-5-11-19(12-6-16)27-28-3/h5-12,20,24H,4,13-15H2,1-3H3. The van der Waals surface area contributed by atoms with Gasteiger partial charge in [-0.3, -0.25) is 10.0 Å². The zero-order valence-electron chi connectivity index (χ0n) is 16.5. The molecule has 0 aromatic heterocycles. The summed E-state index contributed by atoms with van der Waals surface area (Å²) in [7, 11) is 1.30. The average Bonchev–Trinajstić information content (AvgIpc) is 2.70. The van der Waals surface area contributed by atoms with Crippen LogP contribution in [0.15, 0.2) is 48.5 Å². The van der Waals surface area contributed by atoms with E-state index in [9.17, 15) is 10.0 Å². The van der Waals surface area contributed by atoms with E-state index in [0.717, 1.165) is 23.5 Å². The summed E-state index contributed by atoms with van der Waals surface area (Å²) in [5.41, 5.74) is 2.11. The van der Waals surface area contributed by atoms with E-state index < -0.39 is 12.0 Å². The fraction of sp³-hybridized carbons (Fsp3) is 0.381. The van der Waals surface area contributed by atoms with Crippen molar-refractivity contribution in [3.05, 3.63) is 59.7 Å². The molecule has 0 aliphatic heterocycles. The second-order valence-electron chi connectivity index (χ2n) is 6.15. The fourth-order valence-electron chi connectivity index (χ4n) is 2.66. The molecule has 0 saturated heterocycles. The Labute approximate surface area is 170 Å². The molecule has 0 fully saturated rings. The van der Waals surface area contributed by atoms with E-state index in [1.807, 2.05) is 61.7 Å². The van der Waals surface area contributed by atoms with E-state index in [1.165, 1.54) is 24.7 Å². The fourth-order valence-corrected chi connectivity index (χ4v) is 2.96. The van der Waals surface area contributed by atoms with Crippen LogP contribution in [-0.2, 0) is 22.4 Å². The van der Waals surface area contributed by atoms with Crippen molar-refractivity contribution in [2.75, 3.05) is 26.5 Å². The van der Waals surface area contributed by atoms with Crippen LogP contribution in [0.25, 0.3) is 0 Å². The lowest BCUT2D eigenvalue weighted by Gasteiger charge is -2.19. The van der Waals surface area contributed by atoms with E-state index in [-0.39, 0.29) is 0 Å². The Morgan fingerprint density at radius 2 is 1.68 bits per heavy atom. The van der Waals surface area contributed by atoms with Crippen LogP contribution in [0.1, 0.15) is 18.1 Å². The monoisotopic (exact) mass is 405 g/mol. The lowest BCUT2D eigenvalue weighted by molar-refractivity contribution is -0.171. The van der Waals surface area contributed by atoms with Gasteiger partial charge in [-0.05, 0) is 42.3 Å². The van der Waals surface area contributed by atoms with Gasteiger partial charge < -0.3 is 13.7 Å². The molecule has 1 atom stereocenters. The maximum absolute atomic E-state index is 12.0. The molecule has 0 saturated carbocycles. The predicted octanol–water partition coefficient (Wildman–Crippen LogP) is 3.76. The first-order valence-electron chi connectivity index (χ1n) is 9.13. The van der Waals surface area contributed by atoms with E-state index >= 15 is 0 Å². The number of carbonyl (C=O) groups is 1. The quantitative estimate of drug-likeness (QED) is 0.349. The molecule has 152 valence electrons. The second kappa shape index (κ2) is 11.6. The number of ether oxygens (including phenoxy) is 2. The summed E-state index contributed by atoms with van der Waals surface area (Å²) in [6, 6.07) is 15.5. The first-order chi connectivity index (χ1) is 13.5. The van der Waals surface area contributed by atoms with Gasteiger partial charge in [0.25, 0.3) is 5.91 Å². The van der Waals surface area contributed by atoms with Gasteiger partial charge in [-0.1, -0.05) is 24.3 Å². The van der Waals surface area contributed by atoms with Gasteiger partial charge in [-0.2, -0.15) is 0 Å². The van der Waals surface area contributed by atoms with Crippen molar-refractivity contribution < 1.29 is 23.7 Å². The smallest absolute Gasteiger partial charge is 0.275 e. The Kier molecular flexibility index (Phi) is 9.13. The molecule has 7 heteroatoms.